The highest BCUT2D eigenvalue weighted by Crippen LogP contribution is 2.16. The molecular weight excluding hydrogens is 318 g/mol. The normalized spacial score (nSPS) is 19.3. The van der Waals surface area contributed by atoms with Gasteiger partial charge in [0.2, 0.25) is 15.9 Å². The summed E-state index contributed by atoms with van der Waals surface area (Å²) in [4.78, 5) is 19.5. The van der Waals surface area contributed by atoms with Crippen LogP contribution >= 0.6 is 0 Å². The van der Waals surface area contributed by atoms with Gasteiger partial charge in [-0.2, -0.15) is 0 Å². The first-order valence-corrected chi connectivity index (χ1v) is 9.46. The van der Waals surface area contributed by atoms with E-state index in [1.165, 1.54) is 4.90 Å². The van der Waals surface area contributed by atoms with Crippen LogP contribution in [0.1, 0.15) is 27.2 Å². The van der Waals surface area contributed by atoms with E-state index in [1.807, 2.05) is 18.7 Å². The molecule has 1 unspecified atom stereocenters. The summed E-state index contributed by atoms with van der Waals surface area (Å²) in [6.07, 6.45) is 0.551. The van der Waals surface area contributed by atoms with Crippen molar-refractivity contribution in [1.29, 1.82) is 0 Å². The Morgan fingerprint density at radius 2 is 2.04 bits per heavy atom. The second kappa shape index (κ2) is 8.49. The maximum Gasteiger partial charge on any atom is 0.243 e. The van der Waals surface area contributed by atoms with E-state index in [0.717, 1.165) is 0 Å². The highest BCUT2D eigenvalue weighted by molar-refractivity contribution is 7.90. The summed E-state index contributed by atoms with van der Waals surface area (Å²) in [5, 5.41) is 2.76. The van der Waals surface area contributed by atoms with Crippen molar-refractivity contribution >= 4 is 21.9 Å². The quantitative estimate of drug-likeness (QED) is 0.496. The zero-order valence-electron chi connectivity index (χ0n) is 14.7. The molecule has 0 saturated carbocycles. The molecule has 0 aliphatic carbocycles. The molecule has 1 aliphatic rings. The average Bonchev–Trinajstić information content (AvgIpc) is 2.92. The van der Waals surface area contributed by atoms with Crippen LogP contribution < -0.4 is 10.0 Å². The van der Waals surface area contributed by atoms with E-state index >= 15 is 0 Å². The molecule has 0 aromatic rings. The van der Waals surface area contributed by atoms with Gasteiger partial charge in [-0.3, -0.25) is 4.79 Å². The van der Waals surface area contributed by atoms with Crippen molar-refractivity contribution in [2.24, 2.45) is 4.99 Å². The zero-order chi connectivity index (χ0) is 17.6. The Morgan fingerprint density at radius 1 is 1.39 bits per heavy atom. The number of sulfonamides is 1. The number of aliphatic imine (C=N–C) groups is 1. The Labute approximate surface area is 139 Å². The molecule has 1 saturated heterocycles. The molecule has 0 radical (unpaired) electrons. The molecule has 1 rings (SSSR count). The molecule has 0 spiro atoms. The summed E-state index contributed by atoms with van der Waals surface area (Å²) < 4.78 is 26.8. The number of hydrogen-bond acceptors (Lipinski definition) is 4. The highest BCUT2D eigenvalue weighted by atomic mass is 32.2. The first-order valence-electron chi connectivity index (χ1n) is 7.92. The van der Waals surface area contributed by atoms with Crippen LogP contribution in [-0.2, 0) is 14.8 Å². The van der Waals surface area contributed by atoms with Crippen LogP contribution in [0.2, 0.25) is 0 Å². The van der Waals surface area contributed by atoms with Gasteiger partial charge in [-0.15, -0.1) is 0 Å². The lowest BCUT2D eigenvalue weighted by Crippen LogP contribution is -2.45. The van der Waals surface area contributed by atoms with Gasteiger partial charge in [-0.25, -0.2) is 18.1 Å². The topological polar surface area (TPSA) is 94.1 Å². The molecule has 134 valence electrons. The van der Waals surface area contributed by atoms with Crippen molar-refractivity contribution < 1.29 is 13.2 Å². The van der Waals surface area contributed by atoms with Gasteiger partial charge in [-0.1, -0.05) is 6.92 Å². The summed E-state index contributed by atoms with van der Waals surface area (Å²) in [5.74, 6) is 0.494. The van der Waals surface area contributed by atoms with Crippen LogP contribution in [0.25, 0.3) is 0 Å². The molecular formula is C14H29N5O3S. The minimum atomic E-state index is -3.30. The Kier molecular flexibility index (Phi) is 7.27. The van der Waals surface area contributed by atoms with Gasteiger partial charge in [0.1, 0.15) is 6.54 Å². The van der Waals surface area contributed by atoms with Gasteiger partial charge in [0.15, 0.2) is 5.96 Å². The molecule has 2 N–H and O–H groups in total. The predicted octanol–water partition coefficient (Wildman–Crippen LogP) is -0.558. The molecule has 8 nitrogen and oxygen atoms in total. The maximum atomic E-state index is 12.1. The molecule has 1 amide bonds. The SMILES string of the molecule is CCNS(=O)(=O)C1CCN(C(=NCC(=O)N(C)C)NC(C)C)C1. The fourth-order valence-corrected chi connectivity index (χ4v) is 3.70. The summed E-state index contributed by atoms with van der Waals surface area (Å²) >= 11 is 0. The largest absolute Gasteiger partial charge is 0.354 e. The Balaban J connectivity index is 2.81. The van der Waals surface area contributed by atoms with Crippen molar-refractivity contribution in [3.8, 4) is 0 Å². The van der Waals surface area contributed by atoms with Crippen molar-refractivity contribution in [3.63, 3.8) is 0 Å². The van der Waals surface area contributed by atoms with Gasteiger partial charge in [0, 0.05) is 39.8 Å². The Hall–Kier alpha value is -1.35. The number of carbonyl (C=O) groups excluding carboxylic acids is 1. The number of hydrogen-bond donors (Lipinski definition) is 2. The minimum absolute atomic E-state index is 0.0448. The maximum absolute atomic E-state index is 12.1. The number of likely N-dealkylation sites (N-methyl/N-ethyl adjacent to an activating group) is 1. The van der Waals surface area contributed by atoms with Crippen molar-refractivity contribution in [1.82, 2.24) is 19.8 Å². The fraction of sp³-hybridized carbons (Fsp3) is 0.857. The van der Waals surface area contributed by atoms with Crippen LogP contribution in [0.4, 0.5) is 0 Å². The number of carbonyl (C=O) groups is 1. The van der Waals surface area contributed by atoms with Gasteiger partial charge in [-0.05, 0) is 20.3 Å². The lowest BCUT2D eigenvalue weighted by atomic mass is 10.4. The van der Waals surface area contributed by atoms with Crippen molar-refractivity contribution in [2.45, 2.75) is 38.5 Å². The van der Waals surface area contributed by atoms with Gasteiger partial charge in [0.05, 0.1) is 5.25 Å². The number of amides is 1. The first-order chi connectivity index (χ1) is 10.7. The third-order valence-corrected chi connectivity index (χ3v) is 5.46. The van der Waals surface area contributed by atoms with Gasteiger partial charge < -0.3 is 15.1 Å². The lowest BCUT2D eigenvalue weighted by molar-refractivity contribution is -0.127. The number of rotatable bonds is 6. The van der Waals surface area contributed by atoms with Gasteiger partial charge in [0.25, 0.3) is 0 Å². The number of guanidine groups is 1. The lowest BCUT2D eigenvalue weighted by Gasteiger charge is -2.24. The monoisotopic (exact) mass is 347 g/mol. The summed E-state index contributed by atoms with van der Waals surface area (Å²) in [6, 6.07) is 0.146. The molecule has 1 aliphatic heterocycles. The zero-order valence-corrected chi connectivity index (χ0v) is 15.5. The summed E-state index contributed by atoms with van der Waals surface area (Å²) in [6.45, 7) is 7.14. The first kappa shape index (κ1) is 19.7. The highest BCUT2D eigenvalue weighted by Gasteiger charge is 2.34. The van der Waals surface area contributed by atoms with E-state index in [9.17, 15) is 13.2 Å². The number of likely N-dealkylation sites (tertiary alicyclic amines) is 1. The Morgan fingerprint density at radius 3 is 2.57 bits per heavy atom. The number of nitrogens with zero attached hydrogens (tertiary/aromatic N) is 3. The van der Waals surface area contributed by atoms with E-state index in [-0.39, 0.29) is 18.5 Å². The molecule has 1 fully saturated rings. The van der Waals surface area contributed by atoms with Crippen molar-refractivity contribution in [2.75, 3.05) is 40.3 Å². The fourth-order valence-electron chi connectivity index (χ4n) is 2.27. The summed E-state index contributed by atoms with van der Waals surface area (Å²) in [5.41, 5.74) is 0. The van der Waals surface area contributed by atoms with Crippen LogP contribution in [-0.4, -0.2) is 81.7 Å². The van der Waals surface area contributed by atoms with E-state index < -0.39 is 15.3 Å². The molecule has 0 bridgehead atoms. The second-order valence-corrected chi connectivity index (χ2v) is 8.17. The average molecular weight is 347 g/mol. The predicted molar refractivity (Wildman–Crippen MR) is 91.8 cm³/mol. The van der Waals surface area contributed by atoms with Crippen LogP contribution in [0.3, 0.4) is 0 Å². The van der Waals surface area contributed by atoms with Crippen LogP contribution in [0.5, 0.6) is 0 Å². The van der Waals surface area contributed by atoms with E-state index in [0.29, 0.717) is 32.0 Å². The van der Waals surface area contributed by atoms with Crippen LogP contribution in [0, 0.1) is 0 Å². The standard InChI is InChI=1S/C14H29N5O3S/c1-6-16-23(21,22)12-7-8-19(10-12)14(17-11(2)3)15-9-13(20)18(4)5/h11-12,16H,6-10H2,1-5H3,(H,15,17). The molecule has 0 aromatic heterocycles. The number of nitrogens with one attached hydrogen (secondary N) is 2. The molecule has 23 heavy (non-hydrogen) atoms. The van der Waals surface area contributed by atoms with E-state index in [4.69, 9.17) is 0 Å². The third kappa shape index (κ3) is 5.98. The molecule has 9 heteroatoms. The molecule has 1 atom stereocenters. The Bertz CT molecular complexity index is 531. The van der Waals surface area contributed by atoms with Crippen LogP contribution in [0.15, 0.2) is 4.99 Å². The second-order valence-electron chi connectivity index (χ2n) is 6.13. The van der Waals surface area contributed by atoms with Gasteiger partial charge >= 0.3 is 0 Å². The van der Waals surface area contributed by atoms with E-state index in [1.54, 1.807) is 21.0 Å². The van der Waals surface area contributed by atoms with Crippen molar-refractivity contribution in [3.05, 3.63) is 0 Å². The smallest absolute Gasteiger partial charge is 0.243 e. The molecule has 1 heterocycles. The minimum Gasteiger partial charge on any atom is -0.354 e. The third-order valence-electron chi connectivity index (χ3n) is 3.51. The van der Waals surface area contributed by atoms with E-state index in [2.05, 4.69) is 15.0 Å². The summed E-state index contributed by atoms with van der Waals surface area (Å²) in [7, 11) is 0.0663. The molecule has 0 aromatic carbocycles.